The number of rotatable bonds is 7. The van der Waals surface area contributed by atoms with Gasteiger partial charge >= 0.3 is 13.6 Å². The number of benzene rings is 1. The van der Waals surface area contributed by atoms with Gasteiger partial charge in [-0.15, -0.1) is 0 Å². The molecular formula is C19H32NO6P. The Hall–Kier alpha value is -1.24. The van der Waals surface area contributed by atoms with Crippen LogP contribution in [0.25, 0.3) is 0 Å². The molecule has 0 spiro atoms. The third-order valence-electron chi connectivity index (χ3n) is 3.34. The molecule has 1 unspecified atom stereocenters. The van der Waals surface area contributed by atoms with E-state index in [1.807, 2.05) is 0 Å². The second-order valence-electron chi connectivity index (χ2n) is 8.40. The van der Waals surface area contributed by atoms with Crippen LogP contribution in [0.5, 0.6) is 0 Å². The number of carbonyl (C=O) groups is 1. The summed E-state index contributed by atoms with van der Waals surface area (Å²) < 4.78 is 29.3. The van der Waals surface area contributed by atoms with Crippen LogP contribution in [0, 0.1) is 0 Å². The van der Waals surface area contributed by atoms with Gasteiger partial charge in [-0.3, -0.25) is 9.36 Å². The zero-order valence-corrected chi connectivity index (χ0v) is 18.1. The van der Waals surface area contributed by atoms with Crippen LogP contribution in [0.1, 0.15) is 58.5 Å². The lowest BCUT2D eigenvalue weighted by Crippen LogP contribution is -2.33. The zero-order chi connectivity index (χ0) is 21.0. The number of methoxy groups -OCH3 is 1. The molecule has 1 aromatic rings. The maximum absolute atomic E-state index is 13.4. The fourth-order valence-corrected chi connectivity index (χ4v) is 4.68. The molecule has 0 aliphatic carbocycles. The highest BCUT2D eigenvalue weighted by atomic mass is 31.2. The van der Waals surface area contributed by atoms with Crippen molar-refractivity contribution in [3.63, 3.8) is 0 Å². The van der Waals surface area contributed by atoms with E-state index in [2.05, 4.69) is 4.74 Å². The molecule has 1 rings (SSSR count). The van der Waals surface area contributed by atoms with Crippen molar-refractivity contribution in [3.8, 4) is 0 Å². The highest BCUT2D eigenvalue weighted by Crippen LogP contribution is 2.63. The smallest absolute Gasteiger partial charge is 0.364 e. The summed E-state index contributed by atoms with van der Waals surface area (Å²) in [7, 11) is -2.60. The van der Waals surface area contributed by atoms with E-state index in [1.165, 1.54) is 7.11 Å². The van der Waals surface area contributed by atoms with Crippen molar-refractivity contribution < 1.29 is 28.3 Å². The molecule has 0 saturated heterocycles. The van der Waals surface area contributed by atoms with E-state index >= 15 is 0 Å². The van der Waals surface area contributed by atoms with Crippen LogP contribution in [-0.2, 0) is 29.6 Å². The molecule has 0 bridgehead atoms. The molecule has 8 heteroatoms. The number of aliphatic hydroxyl groups is 1. The largest absolute Gasteiger partial charge is 0.468 e. The molecule has 7 nitrogen and oxygen atoms in total. The lowest BCUT2D eigenvalue weighted by Gasteiger charge is -2.34. The van der Waals surface area contributed by atoms with Gasteiger partial charge in [0.2, 0.25) is 0 Å². The first kappa shape index (κ1) is 23.8. The van der Waals surface area contributed by atoms with E-state index in [1.54, 1.807) is 65.8 Å². The van der Waals surface area contributed by atoms with E-state index < -0.39 is 36.7 Å². The van der Waals surface area contributed by atoms with E-state index in [9.17, 15) is 14.5 Å². The summed E-state index contributed by atoms with van der Waals surface area (Å²) >= 11 is 0. The van der Waals surface area contributed by atoms with Crippen molar-refractivity contribution >= 4 is 13.6 Å². The summed E-state index contributed by atoms with van der Waals surface area (Å²) in [6.07, 6.45) is 0.289. The first-order valence-electron chi connectivity index (χ1n) is 8.78. The van der Waals surface area contributed by atoms with Gasteiger partial charge in [-0.2, -0.15) is 0 Å². The number of aliphatic hydroxyl groups excluding tert-OH is 1. The summed E-state index contributed by atoms with van der Waals surface area (Å²) in [4.78, 5) is 11.4. The lowest BCUT2D eigenvalue weighted by molar-refractivity contribution is -0.142. The van der Waals surface area contributed by atoms with Crippen LogP contribution in [-0.4, -0.2) is 35.4 Å². The van der Waals surface area contributed by atoms with E-state index in [4.69, 9.17) is 14.8 Å². The molecule has 0 aromatic heterocycles. The highest BCUT2D eigenvalue weighted by molar-refractivity contribution is 7.54. The highest BCUT2D eigenvalue weighted by Gasteiger charge is 2.42. The monoisotopic (exact) mass is 401 g/mol. The minimum absolute atomic E-state index is 0.289. The summed E-state index contributed by atoms with van der Waals surface area (Å²) in [6, 6.07) is 5.88. The normalized spacial score (nSPS) is 15.3. The van der Waals surface area contributed by atoms with Crippen LogP contribution >= 0.6 is 7.60 Å². The molecule has 1 aromatic carbocycles. The van der Waals surface area contributed by atoms with Crippen molar-refractivity contribution in [3.05, 3.63) is 35.4 Å². The summed E-state index contributed by atoms with van der Waals surface area (Å²) in [5.41, 5.74) is 5.39. The predicted octanol–water partition coefficient (Wildman–Crippen LogP) is 3.54. The fraction of sp³-hybridized carbons (Fsp3) is 0.632. The molecule has 0 aliphatic rings. The Balaban J connectivity index is 3.06. The van der Waals surface area contributed by atoms with Gasteiger partial charge in [0.1, 0.15) is 6.04 Å². The second kappa shape index (κ2) is 8.84. The van der Waals surface area contributed by atoms with Crippen LogP contribution < -0.4 is 5.73 Å². The van der Waals surface area contributed by atoms with Crippen molar-refractivity contribution in [2.75, 3.05) is 7.11 Å². The van der Waals surface area contributed by atoms with Gasteiger partial charge in [0, 0.05) is 0 Å². The molecule has 3 N–H and O–H groups in total. The molecule has 2 atom stereocenters. The second-order valence-corrected chi connectivity index (χ2v) is 10.3. The average molecular weight is 401 g/mol. The average Bonchev–Trinajstić information content (AvgIpc) is 2.50. The van der Waals surface area contributed by atoms with Gasteiger partial charge in [-0.1, -0.05) is 24.3 Å². The van der Waals surface area contributed by atoms with Gasteiger partial charge in [0.15, 0.2) is 5.85 Å². The molecule has 0 heterocycles. The number of esters is 1. The van der Waals surface area contributed by atoms with Crippen LogP contribution in [0.15, 0.2) is 24.3 Å². The number of ether oxygens (including phenoxy) is 1. The zero-order valence-electron chi connectivity index (χ0n) is 17.2. The molecule has 0 amide bonds. The SMILES string of the molecule is COC(=O)[C@@H](N)Cc1ccc(C(O)P(=O)(OC(C)(C)C)OC(C)(C)C)cc1. The standard InChI is InChI=1S/C19H32NO6P/c1-18(2,3)25-27(23,26-19(4,5)6)17(22)14-10-8-13(9-11-14)12-15(20)16(21)24-7/h8-11,15,17,22H,12,20H2,1-7H3/t15-,17?/m0/s1. The number of hydrogen-bond acceptors (Lipinski definition) is 7. The van der Waals surface area contributed by atoms with Crippen molar-refractivity contribution in [2.24, 2.45) is 5.73 Å². The predicted molar refractivity (Wildman–Crippen MR) is 104 cm³/mol. The van der Waals surface area contributed by atoms with Crippen LogP contribution in [0.3, 0.4) is 0 Å². The van der Waals surface area contributed by atoms with Gasteiger partial charge in [0.05, 0.1) is 18.3 Å². The Morgan fingerprint density at radius 2 is 1.52 bits per heavy atom. The number of carbonyl (C=O) groups excluding carboxylic acids is 1. The Morgan fingerprint density at radius 3 is 1.89 bits per heavy atom. The summed E-state index contributed by atoms with van der Waals surface area (Å²) in [5.74, 6) is -1.94. The molecule has 0 fully saturated rings. The van der Waals surface area contributed by atoms with E-state index in [0.29, 0.717) is 5.56 Å². The number of nitrogens with two attached hydrogens (primary N) is 1. The lowest BCUT2D eigenvalue weighted by atomic mass is 10.0. The van der Waals surface area contributed by atoms with Crippen LogP contribution in [0.2, 0.25) is 0 Å². The van der Waals surface area contributed by atoms with E-state index in [-0.39, 0.29) is 6.42 Å². The molecular weight excluding hydrogens is 369 g/mol. The third-order valence-corrected chi connectivity index (χ3v) is 5.84. The molecule has 0 aliphatic heterocycles. The Labute approximate surface area is 161 Å². The van der Waals surface area contributed by atoms with E-state index in [0.717, 1.165) is 5.56 Å². The minimum atomic E-state index is -3.88. The first-order chi connectivity index (χ1) is 12.2. The molecule has 27 heavy (non-hydrogen) atoms. The van der Waals surface area contributed by atoms with Crippen LogP contribution in [0.4, 0.5) is 0 Å². The van der Waals surface area contributed by atoms with Crippen molar-refractivity contribution in [1.82, 2.24) is 0 Å². The maximum atomic E-state index is 13.4. The summed E-state index contributed by atoms with van der Waals surface area (Å²) in [6.45, 7) is 10.5. The maximum Gasteiger partial charge on any atom is 0.364 e. The Morgan fingerprint density at radius 1 is 1.07 bits per heavy atom. The molecule has 0 saturated carbocycles. The molecule has 154 valence electrons. The van der Waals surface area contributed by atoms with Gasteiger partial charge in [0.25, 0.3) is 0 Å². The first-order valence-corrected chi connectivity index (χ1v) is 10.4. The van der Waals surface area contributed by atoms with Crippen molar-refractivity contribution in [1.29, 1.82) is 0 Å². The topological polar surface area (TPSA) is 108 Å². The van der Waals surface area contributed by atoms with Gasteiger partial charge < -0.3 is 24.6 Å². The number of hydrogen-bond donors (Lipinski definition) is 2. The fourth-order valence-electron chi connectivity index (χ4n) is 2.38. The Kier molecular flexibility index (Phi) is 7.79. The van der Waals surface area contributed by atoms with Crippen molar-refractivity contribution in [2.45, 2.75) is 71.1 Å². The minimum Gasteiger partial charge on any atom is -0.468 e. The molecule has 0 radical (unpaired) electrons. The third kappa shape index (κ3) is 7.72. The van der Waals surface area contributed by atoms with Gasteiger partial charge in [-0.25, -0.2) is 0 Å². The quantitative estimate of drug-likeness (QED) is 0.531. The summed E-state index contributed by atoms with van der Waals surface area (Å²) in [5, 5.41) is 10.8. The Bertz CT molecular complexity index is 655. The van der Waals surface area contributed by atoms with Gasteiger partial charge in [-0.05, 0) is 59.1 Å².